The summed E-state index contributed by atoms with van der Waals surface area (Å²) in [4.78, 5) is 24.5. The summed E-state index contributed by atoms with van der Waals surface area (Å²) in [6.45, 7) is 1.26. The van der Waals surface area contributed by atoms with E-state index in [1.165, 1.54) is 11.3 Å². The molecule has 0 atom stereocenters. The minimum atomic E-state index is -1.20. The van der Waals surface area contributed by atoms with Crippen molar-refractivity contribution in [1.29, 1.82) is 0 Å². The van der Waals surface area contributed by atoms with E-state index >= 15 is 0 Å². The van der Waals surface area contributed by atoms with Crippen LogP contribution in [0.5, 0.6) is 0 Å². The summed E-state index contributed by atoms with van der Waals surface area (Å²) < 4.78 is 7.06. The molecule has 0 saturated heterocycles. The number of pyridine rings is 1. The van der Waals surface area contributed by atoms with Gasteiger partial charge < -0.3 is 14.4 Å². The second-order valence-corrected chi connectivity index (χ2v) is 5.17. The number of ether oxygens (including phenoxy) is 1. The highest BCUT2D eigenvalue weighted by molar-refractivity contribution is 7.13. The van der Waals surface area contributed by atoms with Gasteiger partial charge in [0.2, 0.25) is 5.43 Å². The molecule has 3 heterocycles. The molecule has 5 nitrogen and oxygen atoms in total. The highest BCUT2D eigenvalue weighted by Gasteiger charge is 2.23. The second kappa shape index (κ2) is 4.64. The molecular weight excluding hydrogens is 266 g/mol. The third-order valence-electron chi connectivity index (χ3n) is 3.11. The minimum Gasteiger partial charge on any atom is -0.477 e. The molecule has 2 aromatic heterocycles. The first-order chi connectivity index (χ1) is 9.18. The van der Waals surface area contributed by atoms with Crippen LogP contribution in [0.15, 0.2) is 28.5 Å². The number of carboxylic acid groups (broad SMARTS) is 1. The van der Waals surface area contributed by atoms with Gasteiger partial charge in [-0.15, -0.1) is 11.3 Å². The van der Waals surface area contributed by atoms with Crippen molar-refractivity contribution in [2.24, 2.45) is 0 Å². The van der Waals surface area contributed by atoms with E-state index in [0.29, 0.717) is 24.4 Å². The van der Waals surface area contributed by atoms with E-state index in [0.717, 1.165) is 4.88 Å². The quantitative estimate of drug-likeness (QED) is 0.909. The average molecular weight is 277 g/mol. The number of aromatic nitrogens is 1. The Labute approximate surface area is 112 Å². The molecular formula is C13H11NO4S. The van der Waals surface area contributed by atoms with Gasteiger partial charge in [-0.05, 0) is 11.4 Å². The molecule has 0 radical (unpaired) electrons. The van der Waals surface area contributed by atoms with E-state index in [2.05, 4.69) is 0 Å². The fourth-order valence-corrected chi connectivity index (χ4v) is 2.95. The second-order valence-electron chi connectivity index (χ2n) is 4.22. The Morgan fingerprint density at radius 3 is 3.00 bits per heavy atom. The number of aromatic carboxylic acids is 1. The summed E-state index contributed by atoms with van der Waals surface area (Å²) in [6.07, 6.45) is 1.73. The first-order valence-corrected chi connectivity index (χ1v) is 6.67. The maximum absolute atomic E-state index is 12.3. The highest BCUT2D eigenvalue weighted by Crippen LogP contribution is 2.24. The molecule has 0 spiro atoms. The molecule has 19 heavy (non-hydrogen) atoms. The van der Waals surface area contributed by atoms with E-state index in [1.54, 1.807) is 6.20 Å². The molecule has 0 amide bonds. The molecule has 0 fully saturated rings. The predicted octanol–water partition coefficient (Wildman–Crippen LogP) is 1.81. The Morgan fingerprint density at radius 1 is 1.47 bits per heavy atom. The zero-order valence-electron chi connectivity index (χ0n) is 9.96. The van der Waals surface area contributed by atoms with Crippen molar-refractivity contribution in [2.75, 3.05) is 6.61 Å². The molecule has 0 aliphatic carbocycles. The smallest absolute Gasteiger partial charge is 0.341 e. The number of thiophene rings is 1. The van der Waals surface area contributed by atoms with E-state index in [1.807, 2.05) is 22.1 Å². The number of carboxylic acids is 1. The zero-order chi connectivity index (χ0) is 13.4. The van der Waals surface area contributed by atoms with Crippen LogP contribution in [0, 0.1) is 0 Å². The van der Waals surface area contributed by atoms with Crippen LogP contribution in [0.1, 0.15) is 16.1 Å². The Balaban J connectivity index is 2.31. The standard InChI is InChI=1S/C13H11NO4S/c15-12-8(10-2-1-5-19-10)6-14-3-4-18-7-9(14)11(12)13(16)17/h1-2,5-6H,3-4,7H2,(H,16,17). The van der Waals surface area contributed by atoms with Crippen LogP contribution in [0.25, 0.3) is 10.4 Å². The van der Waals surface area contributed by atoms with Gasteiger partial charge in [0.05, 0.1) is 24.5 Å². The molecule has 6 heteroatoms. The summed E-state index contributed by atoms with van der Waals surface area (Å²) >= 11 is 1.42. The van der Waals surface area contributed by atoms with E-state index < -0.39 is 11.4 Å². The SMILES string of the molecule is O=C(O)c1c2n(cc(-c3cccs3)c1=O)CCOC2. The maximum Gasteiger partial charge on any atom is 0.341 e. The Hall–Kier alpha value is -1.92. The van der Waals surface area contributed by atoms with E-state index in [4.69, 9.17) is 4.74 Å². The van der Waals surface area contributed by atoms with Gasteiger partial charge in [-0.1, -0.05) is 6.07 Å². The van der Waals surface area contributed by atoms with Crippen LogP contribution in [0.3, 0.4) is 0 Å². The van der Waals surface area contributed by atoms with Gasteiger partial charge in [-0.2, -0.15) is 0 Å². The first-order valence-electron chi connectivity index (χ1n) is 5.79. The zero-order valence-corrected chi connectivity index (χ0v) is 10.8. The van der Waals surface area contributed by atoms with E-state index in [9.17, 15) is 14.7 Å². The van der Waals surface area contributed by atoms with Crippen molar-refractivity contribution >= 4 is 17.3 Å². The van der Waals surface area contributed by atoms with Crippen molar-refractivity contribution in [3.63, 3.8) is 0 Å². The Kier molecular flexibility index (Phi) is 2.96. The summed E-state index contributed by atoms with van der Waals surface area (Å²) in [6, 6.07) is 3.66. The van der Waals surface area contributed by atoms with Gasteiger partial charge >= 0.3 is 5.97 Å². The van der Waals surface area contributed by atoms with Crippen LogP contribution in [-0.4, -0.2) is 22.2 Å². The lowest BCUT2D eigenvalue weighted by molar-refractivity contribution is 0.0650. The lowest BCUT2D eigenvalue weighted by Gasteiger charge is -2.21. The lowest BCUT2D eigenvalue weighted by Crippen LogP contribution is -2.29. The first kappa shape index (κ1) is 12.1. The normalized spacial score (nSPS) is 14.1. The van der Waals surface area contributed by atoms with Crippen molar-refractivity contribution < 1.29 is 14.6 Å². The van der Waals surface area contributed by atoms with Crippen molar-refractivity contribution in [1.82, 2.24) is 4.57 Å². The molecule has 3 rings (SSSR count). The van der Waals surface area contributed by atoms with Gasteiger partial charge in [0.25, 0.3) is 0 Å². The van der Waals surface area contributed by atoms with Crippen LogP contribution in [0.4, 0.5) is 0 Å². The van der Waals surface area contributed by atoms with Gasteiger partial charge in [0.1, 0.15) is 5.56 Å². The Bertz CT molecular complexity index is 687. The summed E-state index contributed by atoms with van der Waals surface area (Å²) in [5.74, 6) is -1.20. The summed E-state index contributed by atoms with van der Waals surface area (Å²) in [5.41, 5.74) is 0.277. The monoisotopic (exact) mass is 277 g/mol. The highest BCUT2D eigenvalue weighted by atomic mass is 32.1. The summed E-state index contributed by atoms with van der Waals surface area (Å²) in [7, 11) is 0. The van der Waals surface area contributed by atoms with Crippen LogP contribution in [-0.2, 0) is 17.9 Å². The predicted molar refractivity (Wildman–Crippen MR) is 70.6 cm³/mol. The number of carbonyl (C=O) groups is 1. The van der Waals surface area contributed by atoms with Crippen molar-refractivity contribution in [3.8, 4) is 10.4 Å². The van der Waals surface area contributed by atoms with Gasteiger partial charge in [0, 0.05) is 17.6 Å². The molecule has 0 bridgehead atoms. The van der Waals surface area contributed by atoms with Crippen molar-refractivity contribution in [2.45, 2.75) is 13.2 Å². The van der Waals surface area contributed by atoms with Gasteiger partial charge in [-0.3, -0.25) is 4.79 Å². The maximum atomic E-state index is 12.3. The third-order valence-corrected chi connectivity index (χ3v) is 4.01. The van der Waals surface area contributed by atoms with Gasteiger partial charge in [-0.25, -0.2) is 4.79 Å². The molecule has 0 aromatic carbocycles. The average Bonchev–Trinajstić information content (AvgIpc) is 2.91. The van der Waals surface area contributed by atoms with Crippen LogP contribution in [0.2, 0.25) is 0 Å². The Morgan fingerprint density at radius 2 is 2.32 bits per heavy atom. The van der Waals surface area contributed by atoms with Crippen LogP contribution < -0.4 is 5.43 Å². The van der Waals surface area contributed by atoms with Crippen LogP contribution >= 0.6 is 11.3 Å². The molecule has 0 unspecified atom stereocenters. The molecule has 1 aliphatic heterocycles. The molecule has 1 N–H and O–H groups in total. The number of hydrogen-bond acceptors (Lipinski definition) is 4. The largest absolute Gasteiger partial charge is 0.477 e. The molecule has 1 aliphatic rings. The van der Waals surface area contributed by atoms with E-state index in [-0.39, 0.29) is 12.2 Å². The minimum absolute atomic E-state index is 0.168. The summed E-state index contributed by atoms with van der Waals surface area (Å²) in [5, 5.41) is 11.1. The third kappa shape index (κ3) is 1.98. The fraction of sp³-hybridized carbons (Fsp3) is 0.231. The molecule has 2 aromatic rings. The molecule has 0 saturated carbocycles. The van der Waals surface area contributed by atoms with Gasteiger partial charge in [0.15, 0.2) is 0 Å². The number of nitrogens with zero attached hydrogens (tertiary/aromatic N) is 1. The number of hydrogen-bond donors (Lipinski definition) is 1. The fourth-order valence-electron chi connectivity index (χ4n) is 2.22. The molecule has 98 valence electrons. The topological polar surface area (TPSA) is 68.5 Å². The van der Waals surface area contributed by atoms with Crippen molar-refractivity contribution in [3.05, 3.63) is 45.2 Å². The number of fused-ring (bicyclic) bond motifs is 1. The number of rotatable bonds is 2. The lowest BCUT2D eigenvalue weighted by atomic mass is 10.1.